The first-order valence-electron chi connectivity index (χ1n) is 11.6. The standard InChI is InChI=1S/C28H25N5O3/c1-3-29-14-17-4-9-22(10-5-17)32-26(18-6-7-20-15-30-31-16-21(20)12-18)25-23-11-8-19(28(35)36-2)13-24(23)33-27(25)34/h4-13,15-16,29,32H,3,14H2,1-2H3,(H,33,34)/b26-25-. The summed E-state index contributed by atoms with van der Waals surface area (Å²) in [4.78, 5) is 25.3. The molecule has 1 aliphatic rings. The number of amides is 1. The van der Waals surface area contributed by atoms with Crippen LogP contribution in [0.2, 0.25) is 0 Å². The van der Waals surface area contributed by atoms with Gasteiger partial charge in [-0.3, -0.25) is 4.79 Å². The van der Waals surface area contributed by atoms with Gasteiger partial charge in [-0.15, -0.1) is 0 Å². The molecule has 36 heavy (non-hydrogen) atoms. The first-order valence-corrected chi connectivity index (χ1v) is 11.6. The monoisotopic (exact) mass is 479 g/mol. The third-order valence-electron chi connectivity index (χ3n) is 6.07. The number of esters is 1. The zero-order valence-corrected chi connectivity index (χ0v) is 20.0. The number of anilines is 2. The molecule has 1 aliphatic heterocycles. The average molecular weight is 480 g/mol. The minimum absolute atomic E-state index is 0.258. The van der Waals surface area contributed by atoms with Gasteiger partial charge in [-0.1, -0.05) is 37.3 Å². The van der Waals surface area contributed by atoms with E-state index in [1.54, 1.807) is 30.6 Å². The summed E-state index contributed by atoms with van der Waals surface area (Å²) in [5.74, 6) is -0.720. The lowest BCUT2D eigenvalue weighted by molar-refractivity contribution is -0.110. The van der Waals surface area contributed by atoms with E-state index in [-0.39, 0.29) is 5.91 Å². The number of fused-ring (bicyclic) bond motifs is 2. The molecule has 0 unspecified atom stereocenters. The first-order chi connectivity index (χ1) is 17.6. The van der Waals surface area contributed by atoms with Gasteiger partial charge in [-0.2, -0.15) is 10.2 Å². The molecule has 3 aromatic carbocycles. The Kier molecular flexibility index (Phi) is 6.42. The van der Waals surface area contributed by atoms with E-state index in [4.69, 9.17) is 4.74 Å². The lowest BCUT2D eigenvalue weighted by atomic mass is 9.98. The SMILES string of the molecule is CCNCc1ccc(N/C(=C2\C(=O)Nc3cc(C(=O)OC)ccc32)c2ccc3cnncc3c2)cc1. The topological polar surface area (TPSA) is 105 Å². The minimum atomic E-state index is -0.462. The zero-order valence-electron chi connectivity index (χ0n) is 20.0. The maximum Gasteiger partial charge on any atom is 0.337 e. The van der Waals surface area contributed by atoms with Crippen molar-refractivity contribution in [3.05, 3.63) is 95.3 Å². The molecule has 3 N–H and O–H groups in total. The highest BCUT2D eigenvalue weighted by atomic mass is 16.5. The van der Waals surface area contributed by atoms with E-state index in [0.29, 0.717) is 28.1 Å². The van der Waals surface area contributed by atoms with Gasteiger partial charge in [0.1, 0.15) is 0 Å². The van der Waals surface area contributed by atoms with Crippen molar-refractivity contribution in [2.75, 3.05) is 24.3 Å². The molecule has 0 radical (unpaired) electrons. The molecular formula is C28H25N5O3. The molecule has 8 heteroatoms. The van der Waals surface area contributed by atoms with E-state index < -0.39 is 5.97 Å². The Morgan fingerprint density at radius 3 is 2.44 bits per heavy atom. The molecule has 0 aliphatic carbocycles. The van der Waals surface area contributed by atoms with Crippen LogP contribution in [0.15, 0.2) is 73.1 Å². The predicted octanol–water partition coefficient (Wildman–Crippen LogP) is 4.46. The number of ether oxygens (including phenoxy) is 1. The molecule has 5 rings (SSSR count). The number of methoxy groups -OCH3 is 1. The van der Waals surface area contributed by atoms with Crippen LogP contribution in [-0.2, 0) is 16.1 Å². The van der Waals surface area contributed by atoms with Crippen LogP contribution in [0.5, 0.6) is 0 Å². The highest BCUT2D eigenvalue weighted by Crippen LogP contribution is 2.38. The predicted molar refractivity (Wildman–Crippen MR) is 140 cm³/mol. The fraction of sp³-hybridized carbons (Fsp3) is 0.143. The summed E-state index contributed by atoms with van der Waals surface area (Å²) in [6, 6.07) is 19.0. The number of nitrogens with one attached hydrogen (secondary N) is 3. The Bertz CT molecular complexity index is 1500. The molecule has 0 fully saturated rings. The number of benzene rings is 3. The molecule has 4 aromatic rings. The van der Waals surface area contributed by atoms with Gasteiger partial charge in [0, 0.05) is 28.6 Å². The molecular weight excluding hydrogens is 454 g/mol. The number of aromatic nitrogens is 2. The zero-order chi connectivity index (χ0) is 25.1. The van der Waals surface area contributed by atoms with Gasteiger partial charge in [0.25, 0.3) is 5.91 Å². The number of hydrogen-bond acceptors (Lipinski definition) is 7. The molecule has 0 spiro atoms. The van der Waals surface area contributed by atoms with Crippen molar-refractivity contribution >= 4 is 45.3 Å². The lowest BCUT2D eigenvalue weighted by Crippen LogP contribution is -2.12. The van der Waals surface area contributed by atoms with Gasteiger partial charge in [0.15, 0.2) is 0 Å². The fourth-order valence-corrected chi connectivity index (χ4v) is 4.22. The quantitative estimate of drug-likeness (QED) is 0.266. The largest absolute Gasteiger partial charge is 0.465 e. The second-order valence-corrected chi connectivity index (χ2v) is 8.39. The van der Waals surface area contributed by atoms with E-state index in [9.17, 15) is 9.59 Å². The third-order valence-corrected chi connectivity index (χ3v) is 6.07. The molecule has 0 atom stereocenters. The molecule has 1 aromatic heterocycles. The lowest BCUT2D eigenvalue weighted by Gasteiger charge is -2.16. The van der Waals surface area contributed by atoms with Crippen molar-refractivity contribution < 1.29 is 14.3 Å². The Labute approximate surface area is 208 Å². The van der Waals surface area contributed by atoms with Crippen molar-refractivity contribution in [2.24, 2.45) is 0 Å². The summed E-state index contributed by atoms with van der Waals surface area (Å²) in [6.45, 7) is 3.76. The third kappa shape index (κ3) is 4.54. The molecule has 8 nitrogen and oxygen atoms in total. The number of carbonyl (C=O) groups excluding carboxylic acids is 2. The second-order valence-electron chi connectivity index (χ2n) is 8.39. The van der Waals surface area contributed by atoms with Crippen LogP contribution in [0.4, 0.5) is 11.4 Å². The summed E-state index contributed by atoms with van der Waals surface area (Å²) in [5, 5.41) is 19.5. The van der Waals surface area contributed by atoms with Crippen molar-refractivity contribution in [3.8, 4) is 0 Å². The van der Waals surface area contributed by atoms with E-state index in [1.807, 2.05) is 30.3 Å². The number of hydrogen-bond donors (Lipinski definition) is 3. The van der Waals surface area contributed by atoms with Crippen molar-refractivity contribution in [1.82, 2.24) is 15.5 Å². The van der Waals surface area contributed by atoms with E-state index in [1.165, 1.54) is 12.7 Å². The highest BCUT2D eigenvalue weighted by molar-refractivity contribution is 6.37. The molecule has 0 saturated carbocycles. The Hall–Kier alpha value is -4.56. The first kappa shape index (κ1) is 23.2. The van der Waals surface area contributed by atoms with Crippen molar-refractivity contribution in [3.63, 3.8) is 0 Å². The summed E-state index contributed by atoms with van der Waals surface area (Å²) in [5.41, 5.74) is 5.60. The minimum Gasteiger partial charge on any atom is -0.465 e. The van der Waals surface area contributed by atoms with Crippen LogP contribution < -0.4 is 16.0 Å². The number of nitrogens with zero attached hydrogens (tertiary/aromatic N) is 2. The van der Waals surface area contributed by atoms with Crippen LogP contribution in [0.25, 0.3) is 22.0 Å². The van der Waals surface area contributed by atoms with Gasteiger partial charge < -0.3 is 20.7 Å². The van der Waals surface area contributed by atoms with Crippen LogP contribution in [0.1, 0.15) is 34.0 Å². The number of rotatable bonds is 7. The molecule has 1 amide bonds. The van der Waals surface area contributed by atoms with Gasteiger partial charge in [0.05, 0.1) is 42.0 Å². The maximum absolute atomic E-state index is 13.3. The fourth-order valence-electron chi connectivity index (χ4n) is 4.22. The number of carbonyl (C=O) groups is 2. The molecule has 2 heterocycles. The van der Waals surface area contributed by atoms with Crippen molar-refractivity contribution in [1.29, 1.82) is 0 Å². The van der Waals surface area contributed by atoms with Gasteiger partial charge >= 0.3 is 5.97 Å². The normalized spacial score (nSPS) is 13.8. The summed E-state index contributed by atoms with van der Waals surface area (Å²) in [6.07, 6.45) is 3.40. The van der Waals surface area contributed by atoms with Crippen molar-refractivity contribution in [2.45, 2.75) is 13.5 Å². The van der Waals surface area contributed by atoms with E-state index in [2.05, 4.69) is 45.2 Å². The Morgan fingerprint density at radius 2 is 1.69 bits per heavy atom. The van der Waals surface area contributed by atoms with Gasteiger partial charge in [0.2, 0.25) is 0 Å². The Morgan fingerprint density at radius 1 is 0.944 bits per heavy atom. The molecule has 0 saturated heterocycles. The highest BCUT2D eigenvalue weighted by Gasteiger charge is 2.29. The van der Waals surface area contributed by atoms with Crippen LogP contribution in [0.3, 0.4) is 0 Å². The average Bonchev–Trinajstić information content (AvgIpc) is 3.25. The van der Waals surface area contributed by atoms with E-state index in [0.717, 1.165) is 35.1 Å². The summed E-state index contributed by atoms with van der Waals surface area (Å²) < 4.78 is 4.83. The van der Waals surface area contributed by atoms with Crippen LogP contribution in [-0.4, -0.2) is 35.7 Å². The smallest absolute Gasteiger partial charge is 0.337 e. The van der Waals surface area contributed by atoms with Gasteiger partial charge in [-0.25, -0.2) is 4.79 Å². The van der Waals surface area contributed by atoms with Gasteiger partial charge in [-0.05, 0) is 48.0 Å². The molecule has 180 valence electrons. The maximum atomic E-state index is 13.3. The van der Waals surface area contributed by atoms with Crippen LogP contribution in [0, 0.1) is 0 Å². The molecule has 0 bridgehead atoms. The summed E-state index contributed by atoms with van der Waals surface area (Å²) in [7, 11) is 1.33. The Balaban J connectivity index is 1.62. The van der Waals surface area contributed by atoms with E-state index >= 15 is 0 Å². The summed E-state index contributed by atoms with van der Waals surface area (Å²) >= 11 is 0. The van der Waals surface area contributed by atoms with Crippen LogP contribution >= 0.6 is 0 Å². The second kappa shape index (κ2) is 9.97.